The van der Waals surface area contributed by atoms with Crippen molar-refractivity contribution >= 4 is 5.97 Å². The zero-order chi connectivity index (χ0) is 14.4. The van der Waals surface area contributed by atoms with Crippen molar-refractivity contribution in [3.05, 3.63) is 29.3 Å². The molecule has 0 aliphatic carbocycles. The summed E-state index contributed by atoms with van der Waals surface area (Å²) in [6.45, 7) is 0. The van der Waals surface area contributed by atoms with Crippen LogP contribution in [0.4, 0.5) is 0 Å². The average molecular weight is 265 g/mol. The van der Waals surface area contributed by atoms with E-state index < -0.39 is 18.2 Å². The third-order valence-corrected chi connectivity index (χ3v) is 2.63. The lowest BCUT2D eigenvalue weighted by atomic mass is 9.99. The normalized spacial score (nSPS) is 13.2. The van der Waals surface area contributed by atoms with Gasteiger partial charge >= 0.3 is 5.97 Å². The molecule has 0 spiro atoms. The first-order chi connectivity index (χ1) is 9.04. The van der Waals surface area contributed by atoms with E-state index in [1.807, 2.05) is 0 Å². The van der Waals surface area contributed by atoms with Crippen LogP contribution >= 0.6 is 0 Å². The first-order valence-electron chi connectivity index (χ1n) is 5.54. The van der Waals surface area contributed by atoms with Gasteiger partial charge in [-0.2, -0.15) is 5.26 Å². The zero-order valence-electron chi connectivity index (χ0n) is 10.7. The Bertz CT molecular complexity index is 494. The van der Waals surface area contributed by atoms with Gasteiger partial charge in [0.15, 0.2) is 0 Å². The number of hydrogen-bond acceptors (Lipinski definition) is 6. The summed E-state index contributed by atoms with van der Waals surface area (Å²) in [4.78, 5) is 11.4. The first-order valence-corrected chi connectivity index (χ1v) is 5.54. The molecule has 102 valence electrons. The number of aliphatic hydroxyl groups is 2. The van der Waals surface area contributed by atoms with Crippen molar-refractivity contribution in [1.82, 2.24) is 0 Å². The van der Waals surface area contributed by atoms with Gasteiger partial charge < -0.3 is 19.7 Å². The van der Waals surface area contributed by atoms with E-state index in [0.29, 0.717) is 5.75 Å². The number of esters is 1. The van der Waals surface area contributed by atoms with E-state index in [9.17, 15) is 15.0 Å². The Morgan fingerprint density at radius 1 is 1.42 bits per heavy atom. The summed E-state index contributed by atoms with van der Waals surface area (Å²) in [5.41, 5.74) is 0.453. The Balaban J connectivity index is 3.15. The molecule has 0 bridgehead atoms. The first kappa shape index (κ1) is 15.0. The molecule has 0 amide bonds. The maximum Gasteiger partial charge on any atom is 0.337 e. The molecule has 1 rings (SSSR count). The highest BCUT2D eigenvalue weighted by molar-refractivity contribution is 5.89. The Morgan fingerprint density at radius 3 is 2.63 bits per heavy atom. The van der Waals surface area contributed by atoms with E-state index in [0.717, 1.165) is 0 Å². The summed E-state index contributed by atoms with van der Waals surface area (Å²) in [5.74, 6) is -0.247. The van der Waals surface area contributed by atoms with Gasteiger partial charge in [0.05, 0.1) is 38.4 Å². The van der Waals surface area contributed by atoms with E-state index in [-0.39, 0.29) is 17.5 Å². The molecule has 0 radical (unpaired) electrons. The number of hydrogen-bond donors (Lipinski definition) is 2. The predicted molar refractivity (Wildman–Crippen MR) is 65.5 cm³/mol. The average Bonchev–Trinajstić information content (AvgIpc) is 2.45. The Hall–Kier alpha value is -2.10. The molecule has 6 heteroatoms. The van der Waals surface area contributed by atoms with E-state index >= 15 is 0 Å². The Labute approximate surface area is 110 Å². The molecule has 2 unspecified atom stereocenters. The molecule has 19 heavy (non-hydrogen) atoms. The van der Waals surface area contributed by atoms with Gasteiger partial charge in [-0.15, -0.1) is 0 Å². The Morgan fingerprint density at radius 2 is 2.11 bits per heavy atom. The van der Waals surface area contributed by atoms with Crippen molar-refractivity contribution in [3.8, 4) is 11.8 Å². The minimum atomic E-state index is -1.32. The van der Waals surface area contributed by atoms with Crippen LogP contribution in [0.5, 0.6) is 5.75 Å². The van der Waals surface area contributed by atoms with Crippen LogP contribution in [0, 0.1) is 11.3 Å². The molecule has 0 heterocycles. The van der Waals surface area contributed by atoms with Crippen LogP contribution in [0.1, 0.15) is 28.4 Å². The predicted octanol–water partition coefficient (Wildman–Crippen LogP) is 0.790. The summed E-state index contributed by atoms with van der Waals surface area (Å²) in [7, 11) is 2.65. The smallest absolute Gasteiger partial charge is 0.337 e. The van der Waals surface area contributed by atoms with Gasteiger partial charge in [-0.1, -0.05) is 0 Å². The van der Waals surface area contributed by atoms with Gasteiger partial charge in [0.1, 0.15) is 11.9 Å². The SMILES string of the molecule is COC(=O)c1ccc(OC)c(C(O)C(O)CC#N)c1. The molecule has 1 aromatic carbocycles. The number of nitriles is 1. The van der Waals surface area contributed by atoms with E-state index in [1.54, 1.807) is 6.07 Å². The van der Waals surface area contributed by atoms with Crippen LogP contribution in [0.2, 0.25) is 0 Å². The van der Waals surface area contributed by atoms with Crippen LogP contribution in [0.3, 0.4) is 0 Å². The van der Waals surface area contributed by atoms with Crippen LogP contribution in [-0.4, -0.2) is 36.5 Å². The quantitative estimate of drug-likeness (QED) is 0.763. The lowest BCUT2D eigenvalue weighted by Crippen LogP contribution is -2.18. The minimum absolute atomic E-state index is 0.224. The van der Waals surface area contributed by atoms with Gasteiger partial charge in [-0.3, -0.25) is 0 Å². The highest BCUT2D eigenvalue weighted by Crippen LogP contribution is 2.29. The highest BCUT2D eigenvalue weighted by atomic mass is 16.5. The summed E-state index contributed by atoms with van der Waals surface area (Å²) in [5, 5.41) is 28.1. The second-order valence-electron chi connectivity index (χ2n) is 3.82. The number of nitrogens with zero attached hydrogens (tertiary/aromatic N) is 1. The molecule has 2 atom stereocenters. The number of methoxy groups -OCH3 is 2. The van der Waals surface area contributed by atoms with Crippen LogP contribution in [0.25, 0.3) is 0 Å². The van der Waals surface area contributed by atoms with Crippen molar-refractivity contribution < 1.29 is 24.5 Å². The molecule has 2 N–H and O–H groups in total. The Kier molecular flexibility index (Phi) is 5.30. The molecular weight excluding hydrogens is 250 g/mol. The number of carbonyl (C=O) groups excluding carboxylic acids is 1. The lowest BCUT2D eigenvalue weighted by Gasteiger charge is -2.19. The summed E-state index contributed by atoms with van der Waals surface area (Å²) in [6.07, 6.45) is -2.81. The molecule has 0 aliphatic heterocycles. The summed E-state index contributed by atoms with van der Waals surface area (Å²) in [6, 6.07) is 6.11. The number of carbonyl (C=O) groups is 1. The number of aliphatic hydroxyl groups excluding tert-OH is 2. The standard InChI is InChI=1S/C13H15NO5/c1-18-11-4-3-8(13(17)19-2)7-9(11)12(16)10(15)5-6-14/h3-4,7,10,12,15-16H,5H2,1-2H3. The van der Waals surface area contributed by atoms with Gasteiger partial charge in [0.25, 0.3) is 0 Å². The molecule has 0 aliphatic rings. The van der Waals surface area contributed by atoms with E-state index in [1.165, 1.54) is 32.4 Å². The number of rotatable bonds is 5. The maximum absolute atomic E-state index is 11.4. The van der Waals surface area contributed by atoms with Gasteiger partial charge in [-0.05, 0) is 18.2 Å². The molecule has 0 saturated carbocycles. The minimum Gasteiger partial charge on any atom is -0.496 e. The van der Waals surface area contributed by atoms with Crippen molar-refractivity contribution in [2.75, 3.05) is 14.2 Å². The van der Waals surface area contributed by atoms with Gasteiger partial charge in [0.2, 0.25) is 0 Å². The molecule has 0 fully saturated rings. The molecule has 1 aromatic rings. The van der Waals surface area contributed by atoms with Gasteiger partial charge in [0, 0.05) is 5.56 Å². The second-order valence-corrected chi connectivity index (χ2v) is 3.82. The zero-order valence-corrected chi connectivity index (χ0v) is 10.7. The van der Waals surface area contributed by atoms with Crippen LogP contribution < -0.4 is 4.74 Å². The van der Waals surface area contributed by atoms with Crippen molar-refractivity contribution in [1.29, 1.82) is 5.26 Å². The third-order valence-electron chi connectivity index (χ3n) is 2.63. The lowest BCUT2D eigenvalue weighted by molar-refractivity contribution is 0.0201. The fourth-order valence-electron chi connectivity index (χ4n) is 1.62. The highest BCUT2D eigenvalue weighted by Gasteiger charge is 2.23. The third kappa shape index (κ3) is 3.44. The van der Waals surface area contributed by atoms with Crippen molar-refractivity contribution in [2.24, 2.45) is 0 Å². The van der Waals surface area contributed by atoms with E-state index in [4.69, 9.17) is 10.00 Å². The number of benzene rings is 1. The van der Waals surface area contributed by atoms with Crippen molar-refractivity contribution in [3.63, 3.8) is 0 Å². The summed E-state index contributed by atoms with van der Waals surface area (Å²) >= 11 is 0. The maximum atomic E-state index is 11.4. The van der Waals surface area contributed by atoms with Crippen molar-refractivity contribution in [2.45, 2.75) is 18.6 Å². The summed E-state index contributed by atoms with van der Waals surface area (Å²) < 4.78 is 9.63. The molecule has 0 saturated heterocycles. The fourth-order valence-corrected chi connectivity index (χ4v) is 1.62. The topological polar surface area (TPSA) is 99.8 Å². The molecule has 0 aromatic heterocycles. The monoisotopic (exact) mass is 265 g/mol. The van der Waals surface area contributed by atoms with Gasteiger partial charge in [-0.25, -0.2) is 4.79 Å². The van der Waals surface area contributed by atoms with Crippen LogP contribution in [0.15, 0.2) is 18.2 Å². The fraction of sp³-hybridized carbons (Fsp3) is 0.385. The largest absolute Gasteiger partial charge is 0.496 e. The number of ether oxygens (including phenoxy) is 2. The second kappa shape index (κ2) is 6.73. The van der Waals surface area contributed by atoms with Crippen LogP contribution in [-0.2, 0) is 4.74 Å². The van der Waals surface area contributed by atoms with E-state index in [2.05, 4.69) is 4.74 Å². The molecular formula is C13H15NO5. The molecule has 6 nitrogen and oxygen atoms in total.